The summed E-state index contributed by atoms with van der Waals surface area (Å²) in [5.74, 6) is -0.241. The third-order valence-corrected chi connectivity index (χ3v) is 2.18. The molecule has 17 heavy (non-hydrogen) atoms. The van der Waals surface area contributed by atoms with E-state index in [0.717, 1.165) is 0 Å². The number of benzene rings is 1. The van der Waals surface area contributed by atoms with E-state index in [1.54, 1.807) is 12.1 Å². The predicted molar refractivity (Wildman–Crippen MR) is 58.0 cm³/mol. The molecule has 1 aromatic heterocycles. The molecule has 0 bridgehead atoms. The van der Waals surface area contributed by atoms with Crippen molar-refractivity contribution in [1.82, 2.24) is 15.0 Å². The first-order chi connectivity index (χ1) is 8.09. The molecule has 0 aliphatic heterocycles. The van der Waals surface area contributed by atoms with Gasteiger partial charge >= 0.3 is 0 Å². The van der Waals surface area contributed by atoms with Crippen LogP contribution in [0.25, 0.3) is 5.69 Å². The zero-order chi connectivity index (χ0) is 12.4. The van der Waals surface area contributed by atoms with Gasteiger partial charge in [0, 0.05) is 13.0 Å². The molecule has 0 unspecified atom stereocenters. The largest absolute Gasteiger partial charge is 0.294 e. The molecule has 0 spiro atoms. The minimum atomic E-state index is -0.509. The van der Waals surface area contributed by atoms with E-state index in [1.165, 1.54) is 29.9 Å². The van der Waals surface area contributed by atoms with Gasteiger partial charge in [0.05, 0.1) is 11.1 Å². The summed E-state index contributed by atoms with van der Waals surface area (Å²) in [6.45, 7) is 1.35. The molecule has 2 rings (SSSR count). The lowest BCUT2D eigenvalue weighted by Crippen LogP contribution is -2.00. The van der Waals surface area contributed by atoms with Crippen LogP contribution < -0.4 is 0 Å². The second kappa shape index (κ2) is 4.12. The molecule has 0 saturated carbocycles. The maximum atomic E-state index is 11.1. The predicted octanol–water partition coefficient (Wildman–Crippen LogP) is 1.38. The molecule has 0 amide bonds. The summed E-state index contributed by atoms with van der Waals surface area (Å²) in [6.07, 6.45) is 1.37. The lowest BCUT2D eigenvalue weighted by Gasteiger charge is -2.00. The Morgan fingerprint density at radius 3 is 2.71 bits per heavy atom. The minimum absolute atomic E-state index is 0.0903. The number of Topliss-reactive ketones (excluding diaryl/α,β-unsaturated/α-hetero) is 1. The Bertz CT molecular complexity index is 591. The van der Waals surface area contributed by atoms with Crippen LogP contribution in [-0.4, -0.2) is 25.7 Å². The lowest BCUT2D eigenvalue weighted by atomic mass is 10.2. The summed E-state index contributed by atoms with van der Waals surface area (Å²) in [5, 5.41) is 18.1. The van der Waals surface area contributed by atoms with Gasteiger partial charge in [-0.25, -0.2) is 4.68 Å². The molecule has 86 valence electrons. The number of ketones is 1. The van der Waals surface area contributed by atoms with E-state index in [1.807, 2.05) is 0 Å². The number of carbonyl (C=O) groups is 1. The van der Waals surface area contributed by atoms with Gasteiger partial charge in [-0.05, 0) is 6.07 Å². The second-order valence-electron chi connectivity index (χ2n) is 3.35. The average Bonchev–Trinajstić information content (AvgIpc) is 2.78. The van der Waals surface area contributed by atoms with Crippen molar-refractivity contribution in [3.05, 3.63) is 46.3 Å². The van der Waals surface area contributed by atoms with E-state index >= 15 is 0 Å². The first-order valence-electron chi connectivity index (χ1n) is 4.76. The Balaban J connectivity index is 2.52. The molecule has 0 aliphatic rings. The first kappa shape index (κ1) is 10.9. The fourth-order valence-electron chi connectivity index (χ4n) is 1.36. The quantitative estimate of drug-likeness (QED) is 0.453. The van der Waals surface area contributed by atoms with E-state index in [0.29, 0.717) is 0 Å². The van der Waals surface area contributed by atoms with Gasteiger partial charge in [-0.1, -0.05) is 17.3 Å². The number of para-hydroxylation sites is 2. The standard InChI is InChI=1S/C10H8N4O3/c1-7(15)8-6-13(12-11-8)9-4-2-3-5-10(9)14(16)17/h2-6H,1H3. The number of aromatic nitrogens is 3. The van der Waals surface area contributed by atoms with Crippen LogP contribution in [0.1, 0.15) is 17.4 Å². The van der Waals surface area contributed by atoms with Crippen LogP contribution in [0.15, 0.2) is 30.5 Å². The van der Waals surface area contributed by atoms with Gasteiger partial charge in [-0.2, -0.15) is 0 Å². The normalized spacial score (nSPS) is 10.2. The molecule has 0 N–H and O–H groups in total. The van der Waals surface area contributed by atoms with Gasteiger partial charge in [0.15, 0.2) is 5.78 Å². The van der Waals surface area contributed by atoms with Gasteiger partial charge in [-0.15, -0.1) is 5.10 Å². The summed E-state index contributed by atoms with van der Waals surface area (Å²) in [6, 6.07) is 6.11. The van der Waals surface area contributed by atoms with Crippen molar-refractivity contribution in [2.24, 2.45) is 0 Å². The number of carbonyl (C=O) groups excluding carboxylic acids is 1. The number of hydrogen-bond acceptors (Lipinski definition) is 5. The number of nitro groups is 1. The van der Waals surface area contributed by atoms with Crippen molar-refractivity contribution < 1.29 is 9.72 Å². The number of hydrogen-bond donors (Lipinski definition) is 0. The van der Waals surface area contributed by atoms with Crippen molar-refractivity contribution in [2.45, 2.75) is 6.92 Å². The average molecular weight is 232 g/mol. The molecule has 2 aromatic rings. The molecular weight excluding hydrogens is 224 g/mol. The molecule has 0 radical (unpaired) electrons. The molecule has 7 nitrogen and oxygen atoms in total. The van der Waals surface area contributed by atoms with E-state index < -0.39 is 4.92 Å². The summed E-state index contributed by atoms with van der Waals surface area (Å²) in [4.78, 5) is 21.4. The van der Waals surface area contributed by atoms with Crippen LogP contribution in [-0.2, 0) is 0 Å². The van der Waals surface area contributed by atoms with Gasteiger partial charge in [0.2, 0.25) is 0 Å². The van der Waals surface area contributed by atoms with Crippen molar-refractivity contribution in [3.63, 3.8) is 0 Å². The molecule has 1 heterocycles. The molecular formula is C10H8N4O3. The van der Waals surface area contributed by atoms with Crippen LogP contribution in [0.5, 0.6) is 0 Å². The smallest absolute Gasteiger partial charge is 0.293 e. The van der Waals surface area contributed by atoms with Crippen LogP contribution in [0.3, 0.4) is 0 Å². The second-order valence-corrected chi connectivity index (χ2v) is 3.35. The maximum absolute atomic E-state index is 11.1. The van der Waals surface area contributed by atoms with Crippen molar-refractivity contribution >= 4 is 11.5 Å². The SMILES string of the molecule is CC(=O)c1cn(-c2ccccc2[N+](=O)[O-])nn1. The van der Waals surface area contributed by atoms with E-state index in [-0.39, 0.29) is 22.9 Å². The highest BCUT2D eigenvalue weighted by molar-refractivity contribution is 5.91. The van der Waals surface area contributed by atoms with Crippen molar-refractivity contribution in [3.8, 4) is 5.69 Å². The van der Waals surface area contributed by atoms with E-state index in [2.05, 4.69) is 10.3 Å². The van der Waals surface area contributed by atoms with Crippen LogP contribution in [0.4, 0.5) is 5.69 Å². The van der Waals surface area contributed by atoms with Gasteiger partial charge in [-0.3, -0.25) is 14.9 Å². The van der Waals surface area contributed by atoms with E-state index in [9.17, 15) is 14.9 Å². The van der Waals surface area contributed by atoms with Crippen LogP contribution >= 0.6 is 0 Å². The van der Waals surface area contributed by atoms with Crippen molar-refractivity contribution in [2.75, 3.05) is 0 Å². The molecule has 0 aliphatic carbocycles. The summed E-state index contributed by atoms with van der Waals surface area (Å²) in [5.41, 5.74) is 0.355. The minimum Gasteiger partial charge on any atom is -0.293 e. The summed E-state index contributed by atoms with van der Waals surface area (Å²) >= 11 is 0. The summed E-state index contributed by atoms with van der Waals surface area (Å²) in [7, 11) is 0. The number of nitrogens with zero attached hydrogens (tertiary/aromatic N) is 4. The van der Waals surface area contributed by atoms with Gasteiger partial charge in [0.25, 0.3) is 5.69 Å². The number of rotatable bonds is 3. The monoisotopic (exact) mass is 232 g/mol. The highest BCUT2D eigenvalue weighted by atomic mass is 16.6. The summed E-state index contributed by atoms with van der Waals surface area (Å²) < 4.78 is 1.22. The fourth-order valence-corrected chi connectivity index (χ4v) is 1.36. The van der Waals surface area contributed by atoms with Crippen LogP contribution in [0, 0.1) is 10.1 Å². The Hall–Kier alpha value is -2.57. The first-order valence-corrected chi connectivity index (χ1v) is 4.76. The maximum Gasteiger partial charge on any atom is 0.294 e. The Morgan fingerprint density at radius 1 is 1.41 bits per heavy atom. The molecule has 7 heteroatoms. The Morgan fingerprint density at radius 2 is 2.12 bits per heavy atom. The third kappa shape index (κ3) is 2.03. The topological polar surface area (TPSA) is 90.9 Å². The van der Waals surface area contributed by atoms with Crippen LogP contribution in [0.2, 0.25) is 0 Å². The molecule has 0 atom stereocenters. The van der Waals surface area contributed by atoms with Gasteiger partial charge < -0.3 is 0 Å². The van der Waals surface area contributed by atoms with Crippen molar-refractivity contribution in [1.29, 1.82) is 0 Å². The lowest BCUT2D eigenvalue weighted by molar-refractivity contribution is -0.384. The molecule has 0 saturated heterocycles. The zero-order valence-corrected chi connectivity index (χ0v) is 8.90. The highest BCUT2D eigenvalue weighted by Gasteiger charge is 2.16. The molecule has 0 fully saturated rings. The Kier molecular flexibility index (Phi) is 2.65. The van der Waals surface area contributed by atoms with E-state index in [4.69, 9.17) is 0 Å². The number of nitro benzene ring substituents is 1. The van der Waals surface area contributed by atoms with Gasteiger partial charge in [0.1, 0.15) is 11.4 Å². The highest BCUT2D eigenvalue weighted by Crippen LogP contribution is 2.21. The Labute approximate surface area is 95.8 Å². The fraction of sp³-hybridized carbons (Fsp3) is 0.100. The zero-order valence-electron chi connectivity index (χ0n) is 8.90. The third-order valence-electron chi connectivity index (χ3n) is 2.18. The molecule has 1 aromatic carbocycles.